The Bertz CT molecular complexity index is 903. The number of halogens is 1. The molecule has 0 bridgehead atoms. The van der Waals surface area contributed by atoms with Gasteiger partial charge in [0.1, 0.15) is 17.4 Å². The van der Waals surface area contributed by atoms with Gasteiger partial charge >= 0.3 is 0 Å². The predicted molar refractivity (Wildman–Crippen MR) is 114 cm³/mol. The van der Waals surface area contributed by atoms with Gasteiger partial charge in [0.25, 0.3) is 5.91 Å². The van der Waals surface area contributed by atoms with Gasteiger partial charge < -0.3 is 15.4 Å². The van der Waals surface area contributed by atoms with Crippen molar-refractivity contribution in [3.8, 4) is 11.8 Å². The molecule has 28 heavy (non-hydrogen) atoms. The van der Waals surface area contributed by atoms with Crippen molar-refractivity contribution in [3.63, 3.8) is 0 Å². The van der Waals surface area contributed by atoms with Crippen molar-refractivity contribution in [2.24, 2.45) is 0 Å². The van der Waals surface area contributed by atoms with Crippen molar-refractivity contribution >= 4 is 21.8 Å². The molecule has 0 aromatic heterocycles. The van der Waals surface area contributed by atoms with Gasteiger partial charge in [0, 0.05) is 22.8 Å². The number of aryl methyl sites for hydroxylation is 1. The van der Waals surface area contributed by atoms with E-state index < -0.39 is 5.91 Å². The van der Waals surface area contributed by atoms with E-state index in [1.807, 2.05) is 69.3 Å². The molecular weight excluding hydrogens is 418 g/mol. The van der Waals surface area contributed by atoms with E-state index in [4.69, 9.17) is 4.74 Å². The van der Waals surface area contributed by atoms with Crippen LogP contribution in [0, 0.1) is 18.3 Å². The summed E-state index contributed by atoms with van der Waals surface area (Å²) >= 11 is 3.42. The van der Waals surface area contributed by atoms with Crippen LogP contribution in [0.2, 0.25) is 0 Å². The Labute approximate surface area is 174 Å². The van der Waals surface area contributed by atoms with Crippen LogP contribution in [0.1, 0.15) is 36.6 Å². The summed E-state index contributed by atoms with van der Waals surface area (Å²) in [6.45, 7) is 6.83. The maximum absolute atomic E-state index is 12.5. The van der Waals surface area contributed by atoms with Crippen LogP contribution in [0.25, 0.3) is 0 Å². The second kappa shape index (κ2) is 10.5. The van der Waals surface area contributed by atoms with Crippen molar-refractivity contribution < 1.29 is 9.53 Å². The van der Waals surface area contributed by atoms with E-state index in [0.717, 1.165) is 26.9 Å². The molecule has 0 radical (unpaired) electrons. The number of amides is 1. The molecule has 1 amide bonds. The Morgan fingerprint density at radius 1 is 1.32 bits per heavy atom. The average molecular weight is 442 g/mol. The number of nitrogens with one attached hydrogen (secondary N) is 2. The molecule has 6 heteroatoms. The number of carbonyl (C=O) groups is 1. The molecule has 0 saturated carbocycles. The summed E-state index contributed by atoms with van der Waals surface area (Å²) in [4.78, 5) is 12.5. The summed E-state index contributed by atoms with van der Waals surface area (Å²) < 4.78 is 6.64. The number of nitriles is 1. The van der Waals surface area contributed by atoms with Crippen molar-refractivity contribution in [2.45, 2.75) is 33.4 Å². The lowest BCUT2D eigenvalue weighted by Crippen LogP contribution is -2.29. The largest absolute Gasteiger partial charge is 0.494 e. The second-order valence-corrected chi connectivity index (χ2v) is 7.27. The number of hydrogen-bond donors (Lipinski definition) is 2. The third-order valence-corrected chi connectivity index (χ3v) is 4.58. The molecule has 2 N–H and O–H groups in total. The molecule has 146 valence electrons. The number of ether oxygens (including phenoxy) is 1. The summed E-state index contributed by atoms with van der Waals surface area (Å²) in [6, 6.07) is 15.3. The highest BCUT2D eigenvalue weighted by atomic mass is 79.9. The summed E-state index contributed by atoms with van der Waals surface area (Å²) in [5, 5.41) is 15.3. The lowest BCUT2D eigenvalue weighted by molar-refractivity contribution is -0.117. The quantitative estimate of drug-likeness (QED) is 0.466. The smallest absolute Gasteiger partial charge is 0.263 e. The van der Waals surface area contributed by atoms with Gasteiger partial charge in [-0.15, -0.1) is 0 Å². The lowest BCUT2D eigenvalue weighted by Gasteiger charge is -2.18. The highest BCUT2D eigenvalue weighted by molar-refractivity contribution is 9.10. The molecule has 2 aromatic rings. The van der Waals surface area contributed by atoms with Crippen LogP contribution in [0.5, 0.6) is 5.75 Å². The van der Waals surface area contributed by atoms with Crippen LogP contribution in [0.15, 0.2) is 58.7 Å². The predicted octanol–water partition coefficient (Wildman–Crippen LogP) is 4.53. The zero-order chi connectivity index (χ0) is 20.5. The van der Waals surface area contributed by atoms with Crippen molar-refractivity contribution in [1.82, 2.24) is 10.6 Å². The molecular formula is C22H24BrN3O2. The van der Waals surface area contributed by atoms with E-state index in [2.05, 4.69) is 26.6 Å². The zero-order valence-corrected chi connectivity index (χ0v) is 17.8. The Kier molecular flexibility index (Phi) is 8.09. The topological polar surface area (TPSA) is 74.1 Å². The first-order valence-electron chi connectivity index (χ1n) is 9.07. The lowest BCUT2D eigenvalue weighted by atomic mass is 10.0. The highest BCUT2D eigenvalue weighted by Gasteiger charge is 2.17. The fraction of sp³-hybridized carbons (Fsp3) is 0.273. The molecule has 0 spiro atoms. The van der Waals surface area contributed by atoms with Gasteiger partial charge in [-0.1, -0.05) is 45.8 Å². The number of nitrogens with zero attached hydrogens (tertiary/aromatic N) is 1. The number of benzene rings is 2. The van der Waals surface area contributed by atoms with E-state index in [0.29, 0.717) is 13.2 Å². The van der Waals surface area contributed by atoms with Crippen molar-refractivity contribution in [3.05, 3.63) is 75.4 Å². The van der Waals surface area contributed by atoms with Crippen LogP contribution in [-0.2, 0) is 11.3 Å². The van der Waals surface area contributed by atoms with Crippen LogP contribution in [0.4, 0.5) is 0 Å². The molecule has 5 nitrogen and oxygen atoms in total. The second-order valence-electron chi connectivity index (χ2n) is 6.35. The average Bonchev–Trinajstić information content (AvgIpc) is 2.66. The zero-order valence-electron chi connectivity index (χ0n) is 16.3. The number of carbonyl (C=O) groups excluding carboxylic acids is 1. The van der Waals surface area contributed by atoms with Crippen LogP contribution < -0.4 is 15.4 Å². The molecule has 2 aromatic carbocycles. The van der Waals surface area contributed by atoms with E-state index in [1.54, 1.807) is 0 Å². The maximum atomic E-state index is 12.5. The standard InChI is InChI=1S/C22H24BrN3O2/c1-4-28-21-9-8-15(2)10-20(21)16(3)26-22(27)18(12-24)14-25-13-17-6-5-7-19(23)11-17/h5-11,14,16,25H,4,13H2,1-3H3,(H,26,27)/b18-14-. The minimum atomic E-state index is -0.430. The Morgan fingerprint density at radius 2 is 2.11 bits per heavy atom. The molecule has 0 fully saturated rings. The SMILES string of the molecule is CCOc1ccc(C)cc1C(C)NC(=O)/C(C#N)=C\NCc1cccc(Br)c1. The van der Waals surface area contributed by atoms with Crippen LogP contribution >= 0.6 is 15.9 Å². The first-order valence-corrected chi connectivity index (χ1v) is 9.86. The molecule has 0 aliphatic carbocycles. The maximum Gasteiger partial charge on any atom is 0.263 e. The van der Waals surface area contributed by atoms with Crippen molar-refractivity contribution in [1.29, 1.82) is 5.26 Å². The van der Waals surface area contributed by atoms with Gasteiger partial charge in [-0.2, -0.15) is 5.26 Å². The third kappa shape index (κ3) is 6.14. The van der Waals surface area contributed by atoms with Gasteiger partial charge in [-0.3, -0.25) is 4.79 Å². The summed E-state index contributed by atoms with van der Waals surface area (Å²) in [6.07, 6.45) is 1.45. The molecule has 1 atom stereocenters. The van der Waals surface area contributed by atoms with Gasteiger partial charge in [0.15, 0.2) is 0 Å². The van der Waals surface area contributed by atoms with Crippen LogP contribution in [-0.4, -0.2) is 12.5 Å². The minimum absolute atomic E-state index is 0.0208. The summed E-state index contributed by atoms with van der Waals surface area (Å²) in [7, 11) is 0. The van der Waals surface area contributed by atoms with Gasteiger partial charge in [0.05, 0.1) is 12.6 Å². The van der Waals surface area contributed by atoms with E-state index in [-0.39, 0.29) is 11.6 Å². The molecule has 1 unspecified atom stereocenters. The molecule has 0 aliphatic heterocycles. The molecule has 0 heterocycles. The van der Waals surface area contributed by atoms with Gasteiger partial charge in [0.2, 0.25) is 0 Å². The van der Waals surface area contributed by atoms with Gasteiger partial charge in [-0.25, -0.2) is 0 Å². The monoisotopic (exact) mass is 441 g/mol. The normalized spacial score (nSPS) is 12.0. The van der Waals surface area contributed by atoms with Gasteiger partial charge in [-0.05, 0) is 44.5 Å². The number of hydrogen-bond acceptors (Lipinski definition) is 4. The summed E-state index contributed by atoms with van der Waals surface area (Å²) in [5.74, 6) is 0.303. The highest BCUT2D eigenvalue weighted by Crippen LogP contribution is 2.26. The first kappa shape index (κ1) is 21.5. The Balaban J connectivity index is 2.05. The van der Waals surface area contributed by atoms with E-state index >= 15 is 0 Å². The Hall–Kier alpha value is -2.78. The fourth-order valence-electron chi connectivity index (χ4n) is 2.71. The van der Waals surface area contributed by atoms with Crippen molar-refractivity contribution in [2.75, 3.05) is 6.61 Å². The third-order valence-electron chi connectivity index (χ3n) is 4.09. The first-order chi connectivity index (χ1) is 13.4. The molecule has 2 rings (SSSR count). The fourth-order valence-corrected chi connectivity index (χ4v) is 3.16. The van der Waals surface area contributed by atoms with E-state index in [9.17, 15) is 10.1 Å². The molecule has 0 saturated heterocycles. The number of rotatable bonds is 8. The van der Waals surface area contributed by atoms with E-state index in [1.165, 1.54) is 6.20 Å². The van der Waals surface area contributed by atoms with Crippen LogP contribution in [0.3, 0.4) is 0 Å². The Morgan fingerprint density at radius 3 is 2.79 bits per heavy atom. The minimum Gasteiger partial charge on any atom is -0.494 e. The summed E-state index contributed by atoms with van der Waals surface area (Å²) in [5.41, 5.74) is 3.02. The molecule has 0 aliphatic rings.